The van der Waals surface area contributed by atoms with Crippen LogP contribution in [0.5, 0.6) is 5.75 Å². The first-order valence-electron chi connectivity index (χ1n) is 9.32. The molecule has 0 N–H and O–H groups in total. The summed E-state index contributed by atoms with van der Waals surface area (Å²) in [5, 5.41) is 0. The van der Waals surface area contributed by atoms with E-state index < -0.39 is 15.3 Å². The van der Waals surface area contributed by atoms with E-state index in [2.05, 4.69) is 0 Å². The summed E-state index contributed by atoms with van der Waals surface area (Å²) in [6.07, 6.45) is 2.66. The third-order valence-corrected chi connectivity index (χ3v) is 7.30. The van der Waals surface area contributed by atoms with E-state index in [9.17, 15) is 13.2 Å². The number of benzene rings is 2. The summed E-state index contributed by atoms with van der Waals surface area (Å²) in [6, 6.07) is 14.7. The van der Waals surface area contributed by atoms with E-state index in [-0.39, 0.29) is 11.7 Å². The highest BCUT2D eigenvalue weighted by Crippen LogP contribution is 2.39. The van der Waals surface area contributed by atoms with Crippen LogP contribution in [-0.2, 0) is 21.1 Å². The molecule has 2 aliphatic heterocycles. The van der Waals surface area contributed by atoms with Crippen molar-refractivity contribution in [2.75, 3.05) is 18.9 Å². The Labute approximate surface area is 165 Å². The second kappa shape index (κ2) is 6.78. The molecule has 6 heteroatoms. The lowest BCUT2D eigenvalue weighted by Crippen LogP contribution is -2.34. The lowest BCUT2D eigenvalue weighted by atomic mass is 9.94. The molecule has 2 aromatic carbocycles. The minimum absolute atomic E-state index is 0.0558. The fourth-order valence-electron chi connectivity index (χ4n) is 3.99. The molecule has 1 atom stereocenters. The Morgan fingerprint density at radius 1 is 1.18 bits per heavy atom. The SMILES string of the molecule is CC(=O)N1CC(C)(CS(=O)(=O)c2ccc3c(c2)CCO3)C=C1c1ccccc1. The van der Waals surface area contributed by atoms with Crippen molar-refractivity contribution in [3.8, 4) is 5.75 Å². The third-order valence-electron chi connectivity index (χ3n) is 5.28. The Morgan fingerprint density at radius 3 is 2.64 bits per heavy atom. The van der Waals surface area contributed by atoms with Crippen molar-refractivity contribution in [2.45, 2.75) is 25.2 Å². The number of amides is 1. The highest BCUT2D eigenvalue weighted by Gasteiger charge is 2.39. The Morgan fingerprint density at radius 2 is 1.93 bits per heavy atom. The van der Waals surface area contributed by atoms with E-state index in [1.165, 1.54) is 6.92 Å². The van der Waals surface area contributed by atoms with E-state index >= 15 is 0 Å². The minimum atomic E-state index is -3.52. The number of sulfone groups is 1. The first-order chi connectivity index (χ1) is 13.3. The highest BCUT2D eigenvalue weighted by atomic mass is 32.2. The van der Waals surface area contributed by atoms with Crippen LogP contribution >= 0.6 is 0 Å². The molecule has 28 heavy (non-hydrogen) atoms. The summed E-state index contributed by atoms with van der Waals surface area (Å²) in [6.45, 7) is 4.34. The fraction of sp³-hybridized carbons (Fsp3) is 0.318. The number of hydrogen-bond donors (Lipinski definition) is 0. The zero-order chi connectivity index (χ0) is 19.9. The monoisotopic (exact) mass is 397 g/mol. The highest BCUT2D eigenvalue weighted by molar-refractivity contribution is 7.91. The van der Waals surface area contributed by atoms with E-state index in [0.29, 0.717) is 18.0 Å². The molecule has 0 saturated heterocycles. The molecule has 2 aromatic rings. The molecule has 5 nitrogen and oxygen atoms in total. The molecule has 0 spiro atoms. The lowest BCUT2D eigenvalue weighted by molar-refractivity contribution is -0.125. The van der Waals surface area contributed by atoms with Gasteiger partial charge in [-0.1, -0.05) is 43.3 Å². The molecule has 0 saturated carbocycles. The van der Waals surface area contributed by atoms with Crippen LogP contribution < -0.4 is 4.74 Å². The quantitative estimate of drug-likeness (QED) is 0.794. The molecule has 4 rings (SSSR count). The second-order valence-corrected chi connectivity index (χ2v) is 9.77. The van der Waals surface area contributed by atoms with Gasteiger partial charge in [-0.3, -0.25) is 4.79 Å². The van der Waals surface area contributed by atoms with Gasteiger partial charge in [0.25, 0.3) is 0 Å². The molecule has 2 aliphatic rings. The largest absolute Gasteiger partial charge is 0.493 e. The summed E-state index contributed by atoms with van der Waals surface area (Å²) in [4.78, 5) is 14.2. The molecule has 1 amide bonds. The van der Waals surface area contributed by atoms with Gasteiger partial charge in [-0.25, -0.2) is 8.42 Å². The molecule has 146 valence electrons. The Balaban J connectivity index is 1.66. The van der Waals surface area contributed by atoms with Crippen molar-refractivity contribution in [1.29, 1.82) is 0 Å². The molecule has 0 radical (unpaired) electrons. The Kier molecular flexibility index (Phi) is 4.54. The van der Waals surface area contributed by atoms with Gasteiger partial charge in [-0.2, -0.15) is 0 Å². The Bertz CT molecular complexity index is 1060. The van der Waals surface area contributed by atoms with Crippen LogP contribution in [0.1, 0.15) is 25.0 Å². The maximum atomic E-state index is 13.1. The molecule has 0 aliphatic carbocycles. The molecular weight excluding hydrogens is 374 g/mol. The van der Waals surface area contributed by atoms with Crippen LogP contribution in [0, 0.1) is 5.41 Å². The maximum absolute atomic E-state index is 13.1. The zero-order valence-electron chi connectivity index (χ0n) is 16.0. The summed E-state index contributed by atoms with van der Waals surface area (Å²) in [5.41, 5.74) is 1.95. The van der Waals surface area contributed by atoms with E-state index in [0.717, 1.165) is 29.0 Å². The molecule has 0 aromatic heterocycles. The zero-order valence-corrected chi connectivity index (χ0v) is 16.8. The number of rotatable bonds is 4. The molecule has 1 unspecified atom stereocenters. The average Bonchev–Trinajstić information content (AvgIpc) is 3.25. The van der Waals surface area contributed by atoms with Crippen LogP contribution in [0.2, 0.25) is 0 Å². The van der Waals surface area contributed by atoms with Crippen molar-refractivity contribution in [3.05, 3.63) is 65.7 Å². The van der Waals surface area contributed by atoms with Gasteiger partial charge in [-0.05, 0) is 29.3 Å². The van der Waals surface area contributed by atoms with Crippen molar-refractivity contribution >= 4 is 21.4 Å². The lowest BCUT2D eigenvalue weighted by Gasteiger charge is -2.25. The summed E-state index contributed by atoms with van der Waals surface area (Å²) >= 11 is 0. The van der Waals surface area contributed by atoms with Gasteiger partial charge in [0, 0.05) is 31.0 Å². The van der Waals surface area contributed by atoms with E-state index in [1.54, 1.807) is 23.1 Å². The van der Waals surface area contributed by atoms with Crippen molar-refractivity contribution in [1.82, 2.24) is 4.90 Å². The standard InChI is InChI=1S/C22H23NO4S/c1-16(24)23-14-22(2,13-20(23)17-6-4-3-5-7-17)15-28(25,26)19-8-9-21-18(12-19)10-11-27-21/h3-9,12-13H,10-11,14-15H2,1-2H3. The number of fused-ring (bicyclic) bond motifs is 1. The minimum Gasteiger partial charge on any atom is -0.493 e. The van der Waals surface area contributed by atoms with Gasteiger partial charge in [0.1, 0.15) is 5.75 Å². The summed E-state index contributed by atoms with van der Waals surface area (Å²) in [5.74, 6) is 0.616. The van der Waals surface area contributed by atoms with Crippen LogP contribution in [0.4, 0.5) is 0 Å². The van der Waals surface area contributed by atoms with Gasteiger partial charge < -0.3 is 9.64 Å². The van der Waals surface area contributed by atoms with Gasteiger partial charge in [0.15, 0.2) is 9.84 Å². The molecule has 2 heterocycles. The predicted octanol–water partition coefficient (Wildman–Crippen LogP) is 3.30. The number of nitrogens with zero attached hydrogens (tertiary/aromatic N) is 1. The van der Waals surface area contributed by atoms with Gasteiger partial charge in [0.05, 0.1) is 17.3 Å². The number of ether oxygens (including phenoxy) is 1. The summed E-state index contributed by atoms with van der Waals surface area (Å²) in [7, 11) is -3.52. The molecular formula is C22H23NO4S. The van der Waals surface area contributed by atoms with E-state index in [4.69, 9.17) is 4.74 Å². The first-order valence-corrected chi connectivity index (χ1v) is 11.0. The average molecular weight is 397 g/mol. The number of carbonyl (C=O) groups excluding carboxylic acids is 1. The molecule has 0 bridgehead atoms. The molecule has 0 fully saturated rings. The van der Waals surface area contributed by atoms with Gasteiger partial charge >= 0.3 is 0 Å². The number of hydrogen-bond acceptors (Lipinski definition) is 4. The topological polar surface area (TPSA) is 63.7 Å². The summed E-state index contributed by atoms with van der Waals surface area (Å²) < 4.78 is 31.8. The van der Waals surface area contributed by atoms with Crippen LogP contribution in [-0.4, -0.2) is 38.1 Å². The van der Waals surface area contributed by atoms with Crippen molar-refractivity contribution < 1.29 is 17.9 Å². The van der Waals surface area contributed by atoms with Crippen molar-refractivity contribution in [3.63, 3.8) is 0 Å². The third kappa shape index (κ3) is 3.44. The van der Waals surface area contributed by atoms with Crippen LogP contribution in [0.3, 0.4) is 0 Å². The van der Waals surface area contributed by atoms with Gasteiger partial charge in [0.2, 0.25) is 5.91 Å². The number of carbonyl (C=O) groups is 1. The smallest absolute Gasteiger partial charge is 0.223 e. The van der Waals surface area contributed by atoms with Gasteiger partial charge in [-0.15, -0.1) is 0 Å². The normalized spacial score (nSPS) is 21.2. The first kappa shape index (κ1) is 18.7. The second-order valence-electron chi connectivity index (χ2n) is 7.78. The van der Waals surface area contributed by atoms with Crippen molar-refractivity contribution in [2.24, 2.45) is 5.41 Å². The predicted molar refractivity (Wildman–Crippen MR) is 108 cm³/mol. The van der Waals surface area contributed by atoms with Crippen LogP contribution in [0.25, 0.3) is 5.70 Å². The fourth-order valence-corrected chi connectivity index (χ4v) is 5.80. The van der Waals surface area contributed by atoms with Crippen LogP contribution in [0.15, 0.2) is 59.5 Å². The maximum Gasteiger partial charge on any atom is 0.223 e. The van der Waals surface area contributed by atoms with E-state index in [1.807, 2.05) is 43.3 Å². The Hall–Kier alpha value is -2.60.